The number of amides is 1. The zero-order valence-electron chi connectivity index (χ0n) is 9.71. The maximum atomic E-state index is 11.8. The van der Waals surface area contributed by atoms with Gasteiger partial charge in [0.25, 0.3) is 0 Å². The highest BCUT2D eigenvalue weighted by Gasteiger charge is 2.20. The summed E-state index contributed by atoms with van der Waals surface area (Å²) in [5, 5.41) is 6.33. The molecule has 0 bridgehead atoms. The molecular weight excluding hydrogens is 208 g/mol. The number of hydrogen-bond donors (Lipinski definition) is 2. The highest BCUT2D eigenvalue weighted by Crippen LogP contribution is 2.11. The minimum atomic E-state index is 0.243. The predicted molar refractivity (Wildman–Crippen MR) is 66.1 cm³/mol. The fourth-order valence-electron chi connectivity index (χ4n) is 1.85. The van der Waals surface area contributed by atoms with Crippen LogP contribution in [-0.2, 0) is 4.79 Å². The Kier molecular flexibility index (Phi) is 6.10. The monoisotopic (exact) mass is 230 g/mol. The molecule has 1 amide bonds. The van der Waals surface area contributed by atoms with Crippen LogP contribution < -0.4 is 10.6 Å². The lowest BCUT2D eigenvalue weighted by atomic mass is 9.97. The summed E-state index contributed by atoms with van der Waals surface area (Å²) in [7, 11) is 0. The topological polar surface area (TPSA) is 41.1 Å². The largest absolute Gasteiger partial charge is 0.356 e. The van der Waals surface area contributed by atoms with Crippen LogP contribution in [0.1, 0.15) is 19.8 Å². The SMILES string of the molecule is CSCC(C)CNC(=O)C1CCNCC1. The van der Waals surface area contributed by atoms with Crippen LogP contribution in [0.5, 0.6) is 0 Å². The van der Waals surface area contributed by atoms with E-state index in [1.165, 1.54) is 0 Å². The van der Waals surface area contributed by atoms with Crippen LogP contribution in [-0.4, -0.2) is 37.6 Å². The van der Waals surface area contributed by atoms with E-state index in [1.54, 1.807) is 0 Å². The molecule has 1 unspecified atom stereocenters. The Labute approximate surface area is 96.8 Å². The molecule has 1 aliphatic heterocycles. The number of nitrogens with one attached hydrogen (secondary N) is 2. The van der Waals surface area contributed by atoms with Gasteiger partial charge in [-0.2, -0.15) is 11.8 Å². The zero-order chi connectivity index (χ0) is 11.1. The van der Waals surface area contributed by atoms with Gasteiger partial charge in [0.2, 0.25) is 5.91 Å². The highest BCUT2D eigenvalue weighted by atomic mass is 32.2. The van der Waals surface area contributed by atoms with E-state index in [0.29, 0.717) is 5.92 Å². The summed E-state index contributed by atoms with van der Waals surface area (Å²) in [6, 6.07) is 0. The molecule has 88 valence electrons. The minimum Gasteiger partial charge on any atom is -0.356 e. The molecule has 2 N–H and O–H groups in total. The number of thioether (sulfide) groups is 1. The van der Waals surface area contributed by atoms with Crippen molar-refractivity contribution in [2.45, 2.75) is 19.8 Å². The first-order valence-electron chi connectivity index (χ1n) is 5.71. The third kappa shape index (κ3) is 4.89. The Hall–Kier alpha value is -0.220. The maximum absolute atomic E-state index is 11.8. The summed E-state index contributed by atoms with van der Waals surface area (Å²) in [6.07, 6.45) is 4.08. The fraction of sp³-hybridized carbons (Fsp3) is 0.909. The summed E-state index contributed by atoms with van der Waals surface area (Å²) in [4.78, 5) is 11.8. The molecule has 0 aromatic carbocycles. The molecule has 0 saturated carbocycles. The fourth-order valence-corrected chi connectivity index (χ4v) is 2.53. The lowest BCUT2D eigenvalue weighted by molar-refractivity contribution is -0.125. The number of carbonyl (C=O) groups is 1. The number of carbonyl (C=O) groups excluding carboxylic acids is 1. The van der Waals surface area contributed by atoms with Gasteiger partial charge in [0, 0.05) is 12.5 Å². The van der Waals surface area contributed by atoms with Crippen molar-refractivity contribution in [1.82, 2.24) is 10.6 Å². The highest BCUT2D eigenvalue weighted by molar-refractivity contribution is 7.98. The molecule has 1 atom stereocenters. The second-order valence-electron chi connectivity index (χ2n) is 4.33. The van der Waals surface area contributed by atoms with Crippen LogP contribution in [0.15, 0.2) is 0 Å². The lowest BCUT2D eigenvalue weighted by Crippen LogP contribution is -2.39. The van der Waals surface area contributed by atoms with Crippen LogP contribution in [0.3, 0.4) is 0 Å². The predicted octanol–water partition coefficient (Wildman–Crippen LogP) is 1.10. The molecule has 0 aromatic rings. The molecule has 3 nitrogen and oxygen atoms in total. The van der Waals surface area contributed by atoms with Gasteiger partial charge < -0.3 is 10.6 Å². The minimum absolute atomic E-state index is 0.243. The van der Waals surface area contributed by atoms with E-state index < -0.39 is 0 Å². The molecule has 1 aliphatic rings. The maximum Gasteiger partial charge on any atom is 0.223 e. The average molecular weight is 230 g/mol. The molecule has 0 aromatic heterocycles. The van der Waals surface area contributed by atoms with Crippen molar-refractivity contribution in [3.8, 4) is 0 Å². The van der Waals surface area contributed by atoms with Crippen LogP contribution in [0.25, 0.3) is 0 Å². The van der Waals surface area contributed by atoms with E-state index >= 15 is 0 Å². The van der Waals surface area contributed by atoms with Gasteiger partial charge in [-0.1, -0.05) is 6.92 Å². The van der Waals surface area contributed by atoms with Crippen molar-refractivity contribution in [1.29, 1.82) is 0 Å². The smallest absolute Gasteiger partial charge is 0.223 e. The van der Waals surface area contributed by atoms with Gasteiger partial charge in [0.15, 0.2) is 0 Å². The number of rotatable bonds is 5. The van der Waals surface area contributed by atoms with Crippen molar-refractivity contribution >= 4 is 17.7 Å². The number of piperidine rings is 1. The van der Waals surface area contributed by atoms with Gasteiger partial charge in [-0.05, 0) is 43.9 Å². The standard InChI is InChI=1S/C11H22N2OS/c1-9(8-15-2)7-13-11(14)10-3-5-12-6-4-10/h9-10,12H,3-8H2,1-2H3,(H,13,14). The van der Waals surface area contributed by atoms with Crippen molar-refractivity contribution < 1.29 is 4.79 Å². The molecule has 1 rings (SSSR count). The molecule has 0 aliphatic carbocycles. The molecule has 1 fully saturated rings. The Morgan fingerprint density at radius 3 is 2.80 bits per heavy atom. The Morgan fingerprint density at radius 2 is 2.20 bits per heavy atom. The summed E-state index contributed by atoms with van der Waals surface area (Å²) >= 11 is 1.84. The van der Waals surface area contributed by atoms with Crippen LogP contribution in [0.2, 0.25) is 0 Å². The summed E-state index contributed by atoms with van der Waals surface area (Å²) in [5.74, 6) is 2.19. The van der Waals surface area contributed by atoms with E-state index in [1.807, 2.05) is 11.8 Å². The Morgan fingerprint density at radius 1 is 1.53 bits per heavy atom. The van der Waals surface area contributed by atoms with E-state index in [0.717, 1.165) is 38.2 Å². The van der Waals surface area contributed by atoms with E-state index in [4.69, 9.17) is 0 Å². The second kappa shape index (κ2) is 7.12. The van der Waals surface area contributed by atoms with Crippen molar-refractivity contribution in [3.05, 3.63) is 0 Å². The third-order valence-electron chi connectivity index (χ3n) is 2.79. The van der Waals surface area contributed by atoms with Crippen molar-refractivity contribution in [2.24, 2.45) is 11.8 Å². The van der Waals surface area contributed by atoms with Crippen LogP contribution in [0, 0.1) is 11.8 Å². The molecule has 4 heteroatoms. The van der Waals surface area contributed by atoms with Gasteiger partial charge in [0.1, 0.15) is 0 Å². The molecule has 0 radical (unpaired) electrons. The van der Waals surface area contributed by atoms with Crippen molar-refractivity contribution in [3.63, 3.8) is 0 Å². The van der Waals surface area contributed by atoms with E-state index in [9.17, 15) is 4.79 Å². The molecule has 1 saturated heterocycles. The Balaban J connectivity index is 2.16. The second-order valence-corrected chi connectivity index (χ2v) is 5.24. The third-order valence-corrected chi connectivity index (χ3v) is 3.69. The summed E-state index contributed by atoms with van der Waals surface area (Å²) in [5.41, 5.74) is 0. The number of hydrogen-bond acceptors (Lipinski definition) is 3. The van der Waals surface area contributed by atoms with Gasteiger partial charge in [-0.3, -0.25) is 4.79 Å². The van der Waals surface area contributed by atoms with Gasteiger partial charge in [-0.15, -0.1) is 0 Å². The molecule has 0 spiro atoms. The van der Waals surface area contributed by atoms with Gasteiger partial charge in [-0.25, -0.2) is 0 Å². The first kappa shape index (κ1) is 12.8. The zero-order valence-corrected chi connectivity index (χ0v) is 10.5. The quantitative estimate of drug-likeness (QED) is 0.743. The van der Waals surface area contributed by atoms with Crippen LogP contribution >= 0.6 is 11.8 Å². The first-order valence-corrected chi connectivity index (χ1v) is 7.10. The summed E-state index contributed by atoms with van der Waals surface area (Å²) in [6.45, 7) is 4.97. The normalized spacial score (nSPS) is 19.9. The van der Waals surface area contributed by atoms with Crippen molar-refractivity contribution in [2.75, 3.05) is 31.6 Å². The first-order chi connectivity index (χ1) is 7.24. The summed E-state index contributed by atoms with van der Waals surface area (Å²) < 4.78 is 0. The molecule has 1 heterocycles. The van der Waals surface area contributed by atoms with Gasteiger partial charge in [0.05, 0.1) is 0 Å². The molecular formula is C11H22N2OS. The average Bonchev–Trinajstić information content (AvgIpc) is 2.27. The Bertz CT molecular complexity index is 193. The lowest BCUT2D eigenvalue weighted by Gasteiger charge is -2.22. The van der Waals surface area contributed by atoms with E-state index in [-0.39, 0.29) is 11.8 Å². The van der Waals surface area contributed by atoms with Crippen LogP contribution in [0.4, 0.5) is 0 Å². The van der Waals surface area contributed by atoms with Gasteiger partial charge >= 0.3 is 0 Å². The van der Waals surface area contributed by atoms with E-state index in [2.05, 4.69) is 23.8 Å². The molecule has 15 heavy (non-hydrogen) atoms.